The number of hydrogen-bond acceptors (Lipinski definition) is 3. The summed E-state index contributed by atoms with van der Waals surface area (Å²) in [7, 11) is 0. The summed E-state index contributed by atoms with van der Waals surface area (Å²) in [4.78, 5) is 25.9. The number of carbonyl (C=O) groups excluding carboxylic acids is 2. The van der Waals surface area contributed by atoms with Crippen LogP contribution in [0.4, 0.5) is 15.3 Å². The van der Waals surface area contributed by atoms with Crippen LogP contribution in [0, 0.1) is 5.92 Å². The number of anilines is 1. The van der Waals surface area contributed by atoms with Crippen molar-refractivity contribution in [2.45, 2.75) is 46.1 Å². The smallest absolute Gasteiger partial charge is 0.407 e. The van der Waals surface area contributed by atoms with Gasteiger partial charge < -0.3 is 20.3 Å². The van der Waals surface area contributed by atoms with Gasteiger partial charge in [0.1, 0.15) is 5.60 Å². The maximum absolute atomic E-state index is 12.4. The number of alkyl carbamates (subject to hydrolysis) is 1. The molecule has 2 N–H and O–H groups in total. The first-order valence-electron chi connectivity index (χ1n) is 8.88. The highest BCUT2D eigenvalue weighted by molar-refractivity contribution is 5.89. The third kappa shape index (κ3) is 6.29. The van der Waals surface area contributed by atoms with Crippen LogP contribution in [-0.2, 0) is 11.2 Å². The van der Waals surface area contributed by atoms with Gasteiger partial charge in [-0.2, -0.15) is 0 Å². The lowest BCUT2D eigenvalue weighted by atomic mass is 10.1. The highest BCUT2D eigenvalue weighted by Gasteiger charge is 2.27. The molecule has 0 saturated carbocycles. The zero-order valence-electron chi connectivity index (χ0n) is 15.6. The van der Waals surface area contributed by atoms with E-state index in [4.69, 9.17) is 4.74 Å². The van der Waals surface area contributed by atoms with Gasteiger partial charge >= 0.3 is 12.1 Å². The van der Waals surface area contributed by atoms with Crippen LogP contribution in [0.5, 0.6) is 0 Å². The van der Waals surface area contributed by atoms with Crippen molar-refractivity contribution >= 4 is 17.8 Å². The van der Waals surface area contributed by atoms with Gasteiger partial charge in [-0.3, -0.25) is 0 Å². The molecule has 6 nitrogen and oxygen atoms in total. The fraction of sp³-hybridized carbons (Fsp3) is 0.579. The Morgan fingerprint density at radius 2 is 2.08 bits per heavy atom. The Balaban J connectivity index is 1.77. The van der Waals surface area contributed by atoms with E-state index < -0.39 is 11.7 Å². The Kier molecular flexibility index (Phi) is 6.28. The Hall–Kier alpha value is -2.24. The summed E-state index contributed by atoms with van der Waals surface area (Å²) < 4.78 is 5.23. The molecule has 0 bridgehead atoms. The number of amides is 3. The molecule has 6 heteroatoms. The first-order chi connectivity index (χ1) is 11.8. The zero-order chi connectivity index (χ0) is 18.4. The molecule has 0 unspecified atom stereocenters. The molecule has 138 valence electrons. The molecule has 1 aliphatic heterocycles. The maximum Gasteiger partial charge on any atom is 0.407 e. The number of hydrogen-bond donors (Lipinski definition) is 2. The van der Waals surface area contributed by atoms with Crippen molar-refractivity contribution in [2.24, 2.45) is 5.92 Å². The van der Waals surface area contributed by atoms with Crippen molar-refractivity contribution in [2.75, 3.05) is 25.0 Å². The van der Waals surface area contributed by atoms with E-state index in [1.807, 2.05) is 45.0 Å². The van der Waals surface area contributed by atoms with Gasteiger partial charge in [-0.05, 0) is 57.2 Å². The molecule has 0 spiro atoms. The fourth-order valence-corrected chi connectivity index (χ4v) is 2.80. The second-order valence-corrected chi connectivity index (χ2v) is 7.47. The molecule has 3 amide bonds. The van der Waals surface area contributed by atoms with Crippen LogP contribution in [0.2, 0.25) is 0 Å². The quantitative estimate of drug-likeness (QED) is 0.874. The van der Waals surface area contributed by atoms with Crippen molar-refractivity contribution in [3.8, 4) is 0 Å². The average molecular weight is 347 g/mol. The number of rotatable bonds is 4. The van der Waals surface area contributed by atoms with Crippen molar-refractivity contribution in [3.63, 3.8) is 0 Å². The van der Waals surface area contributed by atoms with Gasteiger partial charge in [0.2, 0.25) is 0 Å². The summed E-state index contributed by atoms with van der Waals surface area (Å²) in [6, 6.07) is 7.80. The lowest BCUT2D eigenvalue weighted by Crippen LogP contribution is -2.37. The monoisotopic (exact) mass is 347 g/mol. The number of nitrogens with one attached hydrogen (secondary N) is 2. The van der Waals surface area contributed by atoms with Crippen LogP contribution >= 0.6 is 0 Å². The summed E-state index contributed by atoms with van der Waals surface area (Å²) in [6.07, 6.45) is 1.40. The molecule has 1 aliphatic rings. The number of likely N-dealkylation sites (tertiary alicyclic amines) is 1. The summed E-state index contributed by atoms with van der Waals surface area (Å²) in [5.41, 5.74) is 1.51. The summed E-state index contributed by atoms with van der Waals surface area (Å²) >= 11 is 0. The number of nitrogens with zero attached hydrogens (tertiary/aromatic N) is 1. The standard InChI is InChI=1S/C19H29N3O3/c1-5-14-7-6-8-16(11-14)21-17(23)22-10-9-15(13-22)12-20-18(24)25-19(2,3)4/h6-8,11,15H,5,9-10,12-13H2,1-4H3,(H,20,24)(H,21,23)/t15-/m0/s1. The van der Waals surface area contributed by atoms with Gasteiger partial charge in [0.25, 0.3) is 0 Å². The van der Waals surface area contributed by atoms with Crippen LogP contribution in [-0.4, -0.2) is 42.3 Å². The van der Waals surface area contributed by atoms with Crippen LogP contribution < -0.4 is 10.6 Å². The lowest BCUT2D eigenvalue weighted by molar-refractivity contribution is 0.0520. The van der Waals surface area contributed by atoms with Gasteiger partial charge in [0.15, 0.2) is 0 Å². The number of ether oxygens (including phenoxy) is 1. The van der Waals surface area contributed by atoms with E-state index in [0.717, 1.165) is 18.5 Å². The largest absolute Gasteiger partial charge is 0.444 e. The second-order valence-electron chi connectivity index (χ2n) is 7.47. The third-order valence-corrected chi connectivity index (χ3v) is 4.09. The highest BCUT2D eigenvalue weighted by atomic mass is 16.6. The minimum atomic E-state index is -0.501. The SMILES string of the molecule is CCc1cccc(NC(=O)N2CC[C@@H](CNC(=O)OC(C)(C)C)C2)c1. The Morgan fingerprint density at radius 3 is 2.76 bits per heavy atom. The molecular weight excluding hydrogens is 318 g/mol. The van der Waals surface area contributed by atoms with E-state index in [1.54, 1.807) is 4.90 Å². The number of benzene rings is 1. The summed E-state index contributed by atoms with van der Waals surface area (Å²) in [5.74, 6) is 0.250. The second kappa shape index (κ2) is 8.23. The van der Waals surface area contributed by atoms with Gasteiger partial charge in [-0.25, -0.2) is 9.59 Å². The van der Waals surface area contributed by atoms with Crippen LogP contribution in [0.3, 0.4) is 0 Å². The third-order valence-electron chi connectivity index (χ3n) is 4.09. The van der Waals surface area contributed by atoms with E-state index in [2.05, 4.69) is 17.6 Å². The molecule has 1 aromatic rings. The normalized spacial score (nSPS) is 17.3. The molecule has 1 aromatic carbocycles. The fourth-order valence-electron chi connectivity index (χ4n) is 2.80. The molecule has 1 saturated heterocycles. The molecule has 25 heavy (non-hydrogen) atoms. The Labute approximate surface area is 149 Å². The molecule has 1 atom stereocenters. The molecule has 1 fully saturated rings. The molecular formula is C19H29N3O3. The number of aryl methyl sites for hydroxylation is 1. The summed E-state index contributed by atoms with van der Waals surface area (Å²) in [6.45, 7) is 9.44. The molecule has 0 radical (unpaired) electrons. The summed E-state index contributed by atoms with van der Waals surface area (Å²) in [5, 5.41) is 5.74. The van der Waals surface area contributed by atoms with E-state index in [0.29, 0.717) is 19.6 Å². The minimum absolute atomic E-state index is 0.0898. The van der Waals surface area contributed by atoms with Gasteiger partial charge in [0, 0.05) is 25.3 Å². The first-order valence-corrected chi connectivity index (χ1v) is 8.88. The van der Waals surface area contributed by atoms with Crippen LogP contribution in [0.15, 0.2) is 24.3 Å². The van der Waals surface area contributed by atoms with Crippen molar-refractivity contribution in [3.05, 3.63) is 29.8 Å². The first kappa shape index (κ1) is 19.1. The minimum Gasteiger partial charge on any atom is -0.444 e. The lowest BCUT2D eigenvalue weighted by Gasteiger charge is -2.21. The van der Waals surface area contributed by atoms with Gasteiger partial charge in [-0.1, -0.05) is 19.1 Å². The highest BCUT2D eigenvalue weighted by Crippen LogP contribution is 2.18. The topological polar surface area (TPSA) is 70.7 Å². The van der Waals surface area contributed by atoms with Crippen molar-refractivity contribution in [1.82, 2.24) is 10.2 Å². The van der Waals surface area contributed by atoms with E-state index in [-0.39, 0.29) is 11.9 Å². The van der Waals surface area contributed by atoms with E-state index in [9.17, 15) is 9.59 Å². The Morgan fingerprint density at radius 1 is 1.32 bits per heavy atom. The predicted molar refractivity (Wildman–Crippen MR) is 98.8 cm³/mol. The maximum atomic E-state index is 12.4. The number of urea groups is 1. The van der Waals surface area contributed by atoms with E-state index >= 15 is 0 Å². The van der Waals surface area contributed by atoms with E-state index in [1.165, 1.54) is 5.56 Å². The Bertz CT molecular complexity index is 610. The molecule has 1 heterocycles. The van der Waals surface area contributed by atoms with Crippen molar-refractivity contribution < 1.29 is 14.3 Å². The van der Waals surface area contributed by atoms with Gasteiger partial charge in [0.05, 0.1) is 0 Å². The van der Waals surface area contributed by atoms with Gasteiger partial charge in [-0.15, -0.1) is 0 Å². The molecule has 0 aromatic heterocycles. The molecule has 0 aliphatic carbocycles. The zero-order valence-corrected chi connectivity index (χ0v) is 15.6. The predicted octanol–water partition coefficient (Wildman–Crippen LogP) is 3.63. The van der Waals surface area contributed by atoms with Crippen LogP contribution in [0.25, 0.3) is 0 Å². The number of carbonyl (C=O) groups is 2. The van der Waals surface area contributed by atoms with Crippen molar-refractivity contribution in [1.29, 1.82) is 0 Å². The average Bonchev–Trinajstić information content (AvgIpc) is 3.00. The van der Waals surface area contributed by atoms with Crippen LogP contribution in [0.1, 0.15) is 39.7 Å². The molecule has 2 rings (SSSR count).